The number of nitrogens with zero attached hydrogens (tertiary/aromatic N) is 4. The lowest BCUT2D eigenvalue weighted by Crippen LogP contribution is -2.17. The lowest BCUT2D eigenvalue weighted by atomic mass is 9.97. The maximum atomic E-state index is 5.83. The number of nitrogens with two attached hydrogens (primary N) is 1. The first-order valence-corrected chi connectivity index (χ1v) is 6.11. The summed E-state index contributed by atoms with van der Waals surface area (Å²) in [5.74, 6) is 1.37. The van der Waals surface area contributed by atoms with Crippen LogP contribution in [0, 0.1) is 5.41 Å². The number of hydrogen-bond acceptors (Lipinski definition) is 5. The van der Waals surface area contributed by atoms with E-state index in [2.05, 4.69) is 36.3 Å². The van der Waals surface area contributed by atoms with Crippen LogP contribution in [-0.2, 0) is 6.54 Å². The Balaban J connectivity index is 2.48. The zero-order valence-electron chi connectivity index (χ0n) is 11.7. The van der Waals surface area contributed by atoms with Gasteiger partial charge in [-0.3, -0.25) is 0 Å². The van der Waals surface area contributed by atoms with Gasteiger partial charge in [0.25, 0.3) is 0 Å². The van der Waals surface area contributed by atoms with Gasteiger partial charge in [-0.2, -0.15) is 0 Å². The van der Waals surface area contributed by atoms with Gasteiger partial charge in [0.1, 0.15) is 5.75 Å². The first-order chi connectivity index (χ1) is 8.90. The van der Waals surface area contributed by atoms with Crippen LogP contribution in [0.5, 0.6) is 5.75 Å². The Morgan fingerprint density at radius 3 is 2.68 bits per heavy atom. The minimum atomic E-state index is 0.0810. The standard InChI is InChI=1S/C13H19N5O/c1-13(2,3)8-18-12(15-16-17-18)10-7-9(14)5-6-11(10)19-4/h5-7H,8,14H2,1-4H3. The molecule has 2 aromatic rings. The van der Waals surface area contributed by atoms with Gasteiger partial charge < -0.3 is 10.5 Å². The van der Waals surface area contributed by atoms with E-state index in [-0.39, 0.29) is 5.41 Å². The lowest BCUT2D eigenvalue weighted by molar-refractivity contribution is 0.323. The van der Waals surface area contributed by atoms with Crippen LogP contribution >= 0.6 is 0 Å². The van der Waals surface area contributed by atoms with Crippen molar-refractivity contribution in [2.75, 3.05) is 12.8 Å². The molecule has 19 heavy (non-hydrogen) atoms. The van der Waals surface area contributed by atoms with E-state index in [4.69, 9.17) is 10.5 Å². The normalized spacial score (nSPS) is 11.6. The highest BCUT2D eigenvalue weighted by Crippen LogP contribution is 2.31. The summed E-state index contributed by atoms with van der Waals surface area (Å²) < 4.78 is 7.12. The third-order valence-corrected chi connectivity index (χ3v) is 2.62. The van der Waals surface area contributed by atoms with Gasteiger partial charge in [-0.25, -0.2) is 4.68 Å². The molecule has 2 N–H and O–H groups in total. The van der Waals surface area contributed by atoms with Crippen molar-refractivity contribution in [2.24, 2.45) is 5.41 Å². The fraction of sp³-hybridized carbons (Fsp3) is 0.462. The van der Waals surface area contributed by atoms with Crippen molar-refractivity contribution in [1.82, 2.24) is 20.2 Å². The van der Waals surface area contributed by atoms with Crippen LogP contribution in [0.2, 0.25) is 0 Å². The van der Waals surface area contributed by atoms with Gasteiger partial charge in [-0.05, 0) is 34.0 Å². The Kier molecular flexibility index (Phi) is 3.42. The molecule has 0 unspecified atom stereocenters. The summed E-state index contributed by atoms with van der Waals surface area (Å²) in [4.78, 5) is 0. The fourth-order valence-corrected chi connectivity index (χ4v) is 1.85. The SMILES string of the molecule is COc1ccc(N)cc1-c1nnnn1CC(C)(C)C. The number of tetrazole rings is 1. The smallest absolute Gasteiger partial charge is 0.185 e. The Labute approximate surface area is 112 Å². The molecule has 0 aliphatic carbocycles. The zero-order chi connectivity index (χ0) is 14.0. The summed E-state index contributed by atoms with van der Waals surface area (Å²) in [7, 11) is 1.62. The molecule has 0 fully saturated rings. The number of benzene rings is 1. The molecule has 0 bridgehead atoms. The second kappa shape index (κ2) is 4.87. The number of nitrogen functional groups attached to an aromatic ring is 1. The van der Waals surface area contributed by atoms with Crippen LogP contribution in [-0.4, -0.2) is 27.3 Å². The van der Waals surface area contributed by atoms with Crippen LogP contribution < -0.4 is 10.5 Å². The Morgan fingerprint density at radius 1 is 1.32 bits per heavy atom. The summed E-state index contributed by atoms with van der Waals surface area (Å²) in [6, 6.07) is 5.44. The highest BCUT2D eigenvalue weighted by Gasteiger charge is 2.19. The van der Waals surface area contributed by atoms with Crippen LogP contribution in [0.3, 0.4) is 0 Å². The molecule has 1 aromatic heterocycles. The summed E-state index contributed by atoms with van der Waals surface area (Å²) in [6.07, 6.45) is 0. The number of hydrogen-bond donors (Lipinski definition) is 1. The molecule has 0 saturated heterocycles. The van der Waals surface area contributed by atoms with Gasteiger partial charge in [-0.15, -0.1) is 5.10 Å². The molecule has 2 rings (SSSR count). The van der Waals surface area contributed by atoms with Crippen LogP contribution in [0.25, 0.3) is 11.4 Å². The van der Waals surface area contributed by atoms with Crippen molar-refractivity contribution in [3.63, 3.8) is 0 Å². The number of aromatic nitrogens is 4. The minimum absolute atomic E-state index is 0.0810. The van der Waals surface area contributed by atoms with Gasteiger partial charge in [0.15, 0.2) is 5.82 Å². The van der Waals surface area contributed by atoms with Crippen molar-refractivity contribution in [1.29, 1.82) is 0 Å². The predicted molar refractivity (Wildman–Crippen MR) is 73.7 cm³/mol. The topological polar surface area (TPSA) is 78.8 Å². The summed E-state index contributed by atoms with van der Waals surface area (Å²) >= 11 is 0. The third-order valence-electron chi connectivity index (χ3n) is 2.62. The first kappa shape index (κ1) is 13.3. The Hall–Kier alpha value is -2.11. The minimum Gasteiger partial charge on any atom is -0.496 e. The van der Waals surface area contributed by atoms with E-state index >= 15 is 0 Å². The molecule has 0 spiro atoms. The number of methoxy groups -OCH3 is 1. The van der Waals surface area contributed by atoms with Gasteiger partial charge in [0.2, 0.25) is 0 Å². The van der Waals surface area contributed by atoms with Gasteiger partial charge >= 0.3 is 0 Å². The van der Waals surface area contributed by atoms with Crippen LogP contribution in [0.1, 0.15) is 20.8 Å². The molecule has 0 aliphatic heterocycles. The van der Waals surface area contributed by atoms with Crippen molar-refractivity contribution in [3.8, 4) is 17.1 Å². The lowest BCUT2D eigenvalue weighted by Gasteiger charge is -2.18. The monoisotopic (exact) mass is 261 g/mol. The Bertz CT molecular complexity index is 571. The predicted octanol–water partition coefficient (Wildman–Crippen LogP) is 1.98. The van der Waals surface area contributed by atoms with E-state index in [1.807, 2.05) is 12.1 Å². The highest BCUT2D eigenvalue weighted by atomic mass is 16.5. The number of ether oxygens (including phenoxy) is 1. The molecule has 0 atom stereocenters. The van der Waals surface area contributed by atoms with Gasteiger partial charge in [-0.1, -0.05) is 20.8 Å². The number of anilines is 1. The molecule has 0 aliphatic rings. The maximum absolute atomic E-state index is 5.83. The Morgan fingerprint density at radius 2 is 2.05 bits per heavy atom. The van der Waals surface area contributed by atoms with Crippen molar-refractivity contribution in [3.05, 3.63) is 18.2 Å². The largest absolute Gasteiger partial charge is 0.496 e. The molecule has 1 aromatic carbocycles. The van der Waals surface area contributed by atoms with Crippen LogP contribution in [0.4, 0.5) is 5.69 Å². The molecule has 0 amide bonds. The number of rotatable bonds is 3. The summed E-state index contributed by atoms with van der Waals surface area (Å²) in [6.45, 7) is 7.12. The summed E-state index contributed by atoms with van der Waals surface area (Å²) in [5, 5.41) is 11.9. The van der Waals surface area contributed by atoms with E-state index < -0.39 is 0 Å². The van der Waals surface area contributed by atoms with Gasteiger partial charge in [0, 0.05) is 12.2 Å². The maximum Gasteiger partial charge on any atom is 0.185 e. The molecule has 0 saturated carbocycles. The van der Waals surface area contributed by atoms with Crippen LogP contribution in [0.15, 0.2) is 18.2 Å². The van der Waals surface area contributed by atoms with Gasteiger partial charge in [0.05, 0.1) is 12.7 Å². The van der Waals surface area contributed by atoms with E-state index in [0.29, 0.717) is 23.8 Å². The second-order valence-corrected chi connectivity index (χ2v) is 5.68. The molecule has 0 radical (unpaired) electrons. The van der Waals surface area contributed by atoms with Crippen molar-refractivity contribution >= 4 is 5.69 Å². The van der Waals surface area contributed by atoms with E-state index in [1.54, 1.807) is 17.9 Å². The third kappa shape index (κ3) is 3.01. The zero-order valence-corrected chi connectivity index (χ0v) is 11.7. The van der Waals surface area contributed by atoms with E-state index in [9.17, 15) is 0 Å². The molecule has 102 valence electrons. The van der Waals surface area contributed by atoms with Crippen molar-refractivity contribution < 1.29 is 4.74 Å². The van der Waals surface area contributed by atoms with Crippen molar-refractivity contribution in [2.45, 2.75) is 27.3 Å². The summed E-state index contributed by atoms with van der Waals surface area (Å²) in [5.41, 5.74) is 7.37. The molecule has 6 nitrogen and oxygen atoms in total. The molecular formula is C13H19N5O. The fourth-order valence-electron chi connectivity index (χ4n) is 1.85. The highest BCUT2D eigenvalue weighted by molar-refractivity contribution is 5.68. The first-order valence-electron chi connectivity index (χ1n) is 6.11. The average molecular weight is 261 g/mol. The molecular weight excluding hydrogens is 242 g/mol. The molecule has 6 heteroatoms. The average Bonchev–Trinajstić information content (AvgIpc) is 2.74. The van der Waals surface area contributed by atoms with E-state index in [1.165, 1.54) is 0 Å². The quantitative estimate of drug-likeness (QED) is 0.855. The molecule has 1 heterocycles. The van der Waals surface area contributed by atoms with E-state index in [0.717, 1.165) is 5.56 Å². The second-order valence-electron chi connectivity index (χ2n) is 5.68.